The standard InChI is InChI=1S/C25H28N2O5/c1-28-23-5-3-4-21(25(23)29-2)17-6-7-20-18(12-17)8-9-27-16-26-24(13-22(20)27)32-15-19-14-30-10-11-31-19/h3-7,12-13,19H,8-11,14-16H2,1-2H3. The second-order valence-electron chi connectivity index (χ2n) is 7.97. The molecule has 7 heteroatoms. The van der Waals surface area contributed by atoms with Crippen molar-refractivity contribution >= 4 is 11.6 Å². The average molecular weight is 437 g/mol. The van der Waals surface area contributed by atoms with E-state index in [1.165, 1.54) is 11.1 Å². The molecule has 3 aliphatic rings. The fourth-order valence-corrected chi connectivity index (χ4v) is 4.41. The van der Waals surface area contributed by atoms with Gasteiger partial charge in [0.25, 0.3) is 0 Å². The zero-order valence-electron chi connectivity index (χ0n) is 18.5. The molecule has 1 atom stereocenters. The Labute approximate surface area is 188 Å². The summed E-state index contributed by atoms with van der Waals surface area (Å²) in [6.07, 6.45) is 2.96. The molecule has 1 fully saturated rings. The second kappa shape index (κ2) is 9.22. The van der Waals surface area contributed by atoms with Gasteiger partial charge in [-0.3, -0.25) is 0 Å². The molecule has 0 saturated carbocycles. The molecule has 1 unspecified atom stereocenters. The number of hydrogen-bond acceptors (Lipinski definition) is 7. The van der Waals surface area contributed by atoms with E-state index in [1.54, 1.807) is 14.2 Å². The summed E-state index contributed by atoms with van der Waals surface area (Å²) in [6, 6.07) is 12.5. The van der Waals surface area contributed by atoms with Crippen LogP contribution < -0.4 is 9.47 Å². The van der Waals surface area contributed by atoms with Gasteiger partial charge in [0.2, 0.25) is 5.90 Å². The maximum Gasteiger partial charge on any atom is 0.212 e. The third-order valence-electron chi connectivity index (χ3n) is 6.05. The molecule has 0 bridgehead atoms. The van der Waals surface area contributed by atoms with Gasteiger partial charge in [0.05, 0.1) is 39.7 Å². The van der Waals surface area contributed by atoms with Gasteiger partial charge in [0, 0.05) is 23.7 Å². The highest BCUT2D eigenvalue weighted by Gasteiger charge is 2.26. The van der Waals surface area contributed by atoms with Crippen LogP contribution in [0.2, 0.25) is 0 Å². The lowest BCUT2D eigenvalue weighted by Gasteiger charge is -2.35. The number of benzene rings is 2. The van der Waals surface area contributed by atoms with Gasteiger partial charge in [-0.25, -0.2) is 4.99 Å². The molecule has 3 aliphatic heterocycles. The van der Waals surface area contributed by atoms with Crippen LogP contribution in [0.15, 0.2) is 47.5 Å². The van der Waals surface area contributed by atoms with Crippen molar-refractivity contribution in [3.63, 3.8) is 0 Å². The predicted octanol–water partition coefficient (Wildman–Crippen LogP) is 3.37. The quantitative estimate of drug-likeness (QED) is 0.716. The molecule has 0 spiro atoms. The summed E-state index contributed by atoms with van der Waals surface area (Å²) < 4.78 is 28.2. The summed E-state index contributed by atoms with van der Waals surface area (Å²) in [6.45, 7) is 3.81. The van der Waals surface area contributed by atoms with Gasteiger partial charge >= 0.3 is 0 Å². The monoisotopic (exact) mass is 436 g/mol. The third-order valence-corrected chi connectivity index (χ3v) is 6.05. The van der Waals surface area contributed by atoms with E-state index in [4.69, 9.17) is 23.7 Å². The number of hydrogen-bond donors (Lipinski definition) is 0. The fraction of sp³-hybridized carbons (Fsp3) is 0.400. The van der Waals surface area contributed by atoms with Crippen molar-refractivity contribution in [2.45, 2.75) is 12.5 Å². The van der Waals surface area contributed by atoms with Crippen molar-refractivity contribution in [3.05, 3.63) is 53.6 Å². The highest BCUT2D eigenvalue weighted by molar-refractivity contribution is 5.97. The highest BCUT2D eigenvalue weighted by Crippen LogP contribution is 2.40. The number of ether oxygens (including phenoxy) is 5. The Morgan fingerprint density at radius 3 is 2.84 bits per heavy atom. The Morgan fingerprint density at radius 1 is 1.09 bits per heavy atom. The first-order valence-corrected chi connectivity index (χ1v) is 10.9. The van der Waals surface area contributed by atoms with Crippen molar-refractivity contribution in [1.29, 1.82) is 0 Å². The van der Waals surface area contributed by atoms with E-state index in [1.807, 2.05) is 18.2 Å². The van der Waals surface area contributed by atoms with Gasteiger partial charge in [-0.2, -0.15) is 0 Å². The van der Waals surface area contributed by atoms with Crippen LogP contribution in [-0.4, -0.2) is 70.8 Å². The number of fused-ring (bicyclic) bond motifs is 3. The van der Waals surface area contributed by atoms with Crippen LogP contribution in [0.25, 0.3) is 16.8 Å². The number of rotatable bonds is 5. The van der Waals surface area contributed by atoms with Crippen LogP contribution in [0.1, 0.15) is 11.1 Å². The van der Waals surface area contributed by atoms with Crippen molar-refractivity contribution in [2.24, 2.45) is 4.99 Å². The summed E-state index contributed by atoms with van der Waals surface area (Å²) in [4.78, 5) is 6.89. The zero-order chi connectivity index (χ0) is 21.9. The van der Waals surface area contributed by atoms with Crippen molar-refractivity contribution in [2.75, 3.05) is 53.9 Å². The molecule has 1 saturated heterocycles. The van der Waals surface area contributed by atoms with Crippen molar-refractivity contribution in [3.8, 4) is 22.6 Å². The average Bonchev–Trinajstić information content (AvgIpc) is 2.87. The predicted molar refractivity (Wildman–Crippen MR) is 122 cm³/mol. The molecule has 2 aromatic carbocycles. The van der Waals surface area contributed by atoms with Gasteiger partial charge < -0.3 is 28.6 Å². The van der Waals surface area contributed by atoms with Gasteiger partial charge in [0.1, 0.15) is 19.4 Å². The largest absolute Gasteiger partial charge is 0.493 e. The van der Waals surface area contributed by atoms with Crippen LogP contribution in [0.5, 0.6) is 11.5 Å². The Balaban J connectivity index is 1.39. The van der Waals surface area contributed by atoms with Gasteiger partial charge in [-0.15, -0.1) is 0 Å². The Hall–Kier alpha value is -3.03. The lowest BCUT2D eigenvalue weighted by Crippen LogP contribution is -2.35. The van der Waals surface area contributed by atoms with E-state index in [9.17, 15) is 0 Å². The highest BCUT2D eigenvalue weighted by atomic mass is 16.6. The molecule has 0 aromatic heterocycles. The SMILES string of the molecule is COc1cccc(-c2ccc3c(c2)CCN2CN=C(OCC4COCCO4)C=C32)c1OC. The van der Waals surface area contributed by atoms with E-state index in [-0.39, 0.29) is 6.10 Å². The van der Waals surface area contributed by atoms with Crippen molar-refractivity contribution < 1.29 is 23.7 Å². The molecule has 2 aromatic rings. The lowest BCUT2D eigenvalue weighted by molar-refractivity contribution is -0.103. The van der Waals surface area contributed by atoms with E-state index >= 15 is 0 Å². The van der Waals surface area contributed by atoms with E-state index in [2.05, 4.69) is 34.2 Å². The number of para-hydroxylation sites is 1. The van der Waals surface area contributed by atoms with Crippen LogP contribution >= 0.6 is 0 Å². The lowest BCUT2D eigenvalue weighted by atomic mass is 9.91. The van der Waals surface area contributed by atoms with E-state index < -0.39 is 0 Å². The number of methoxy groups -OCH3 is 2. The molecule has 7 nitrogen and oxygen atoms in total. The molecule has 0 aliphatic carbocycles. The summed E-state index contributed by atoms with van der Waals surface area (Å²) in [7, 11) is 3.34. The van der Waals surface area contributed by atoms with Gasteiger partial charge in [0.15, 0.2) is 11.5 Å². The molecular formula is C25H28N2O5. The van der Waals surface area contributed by atoms with Crippen LogP contribution in [0, 0.1) is 0 Å². The maximum atomic E-state index is 5.95. The second-order valence-corrected chi connectivity index (χ2v) is 7.97. The fourth-order valence-electron chi connectivity index (χ4n) is 4.41. The minimum absolute atomic E-state index is 0.0399. The molecule has 3 heterocycles. The molecule has 0 amide bonds. The smallest absolute Gasteiger partial charge is 0.212 e. The number of aliphatic imine (C=N–C) groups is 1. The van der Waals surface area contributed by atoms with Crippen LogP contribution in [-0.2, 0) is 20.6 Å². The summed E-state index contributed by atoms with van der Waals surface area (Å²) >= 11 is 0. The third kappa shape index (κ3) is 4.06. The molecular weight excluding hydrogens is 408 g/mol. The van der Waals surface area contributed by atoms with Crippen LogP contribution in [0.3, 0.4) is 0 Å². The molecule has 168 valence electrons. The van der Waals surface area contributed by atoms with Gasteiger partial charge in [-0.1, -0.05) is 30.3 Å². The van der Waals surface area contributed by atoms with Crippen LogP contribution in [0.4, 0.5) is 0 Å². The summed E-state index contributed by atoms with van der Waals surface area (Å²) in [5.74, 6) is 2.13. The molecule has 0 N–H and O–H groups in total. The first-order valence-electron chi connectivity index (χ1n) is 10.9. The Morgan fingerprint density at radius 2 is 2.03 bits per heavy atom. The van der Waals surface area contributed by atoms with Crippen molar-refractivity contribution in [1.82, 2.24) is 4.90 Å². The van der Waals surface area contributed by atoms with E-state index in [0.717, 1.165) is 41.3 Å². The van der Waals surface area contributed by atoms with Gasteiger partial charge in [-0.05, 0) is 23.6 Å². The minimum atomic E-state index is -0.0399. The Bertz CT molecular complexity index is 1040. The molecule has 0 radical (unpaired) electrons. The zero-order valence-corrected chi connectivity index (χ0v) is 18.5. The van der Waals surface area contributed by atoms with E-state index in [0.29, 0.717) is 39.0 Å². The Kier molecular flexibility index (Phi) is 6.01. The molecule has 5 rings (SSSR count). The maximum absolute atomic E-state index is 5.95. The molecule has 32 heavy (non-hydrogen) atoms. The summed E-state index contributed by atoms with van der Waals surface area (Å²) in [5.41, 5.74) is 5.82. The minimum Gasteiger partial charge on any atom is -0.493 e. The first-order chi connectivity index (χ1) is 15.8. The normalized spacial score (nSPS) is 19.9. The summed E-state index contributed by atoms with van der Waals surface area (Å²) in [5, 5.41) is 0. The topological polar surface area (TPSA) is 61.8 Å². The first kappa shape index (κ1) is 20.8. The number of nitrogens with zero attached hydrogens (tertiary/aromatic N) is 2.